The van der Waals surface area contributed by atoms with Crippen LogP contribution in [-0.4, -0.2) is 25.2 Å². The summed E-state index contributed by atoms with van der Waals surface area (Å²) in [6, 6.07) is 8.19. The van der Waals surface area contributed by atoms with Crippen molar-refractivity contribution in [3.05, 3.63) is 51.6 Å². The van der Waals surface area contributed by atoms with Gasteiger partial charge in [-0.1, -0.05) is 51.5 Å². The first-order valence-corrected chi connectivity index (χ1v) is 10.8. The molecule has 3 aromatic rings. The minimum Gasteiger partial charge on any atom is -0.481 e. The van der Waals surface area contributed by atoms with Crippen molar-refractivity contribution >= 4 is 17.1 Å². The molecule has 1 N–H and O–H groups in total. The van der Waals surface area contributed by atoms with E-state index in [1.54, 1.807) is 7.05 Å². The molecule has 1 aliphatic heterocycles. The average Bonchev–Trinajstić information content (AvgIpc) is 3.31. The van der Waals surface area contributed by atoms with Crippen LogP contribution in [0.15, 0.2) is 29.1 Å². The van der Waals surface area contributed by atoms with Crippen molar-refractivity contribution in [3.8, 4) is 11.1 Å². The van der Waals surface area contributed by atoms with E-state index in [1.165, 1.54) is 10.1 Å². The summed E-state index contributed by atoms with van der Waals surface area (Å²) in [5.74, 6) is -0.423. The summed E-state index contributed by atoms with van der Waals surface area (Å²) < 4.78 is 3.71. The van der Waals surface area contributed by atoms with Crippen LogP contribution in [0.25, 0.3) is 22.3 Å². The molecule has 30 heavy (non-hydrogen) atoms. The number of aryl methyl sites for hydroxylation is 3. The zero-order valence-corrected chi connectivity index (χ0v) is 18.1. The second-order valence-electron chi connectivity index (χ2n) is 8.56. The Hall–Kier alpha value is -2.89. The summed E-state index contributed by atoms with van der Waals surface area (Å²) in [6.45, 7) is 7.07. The van der Waals surface area contributed by atoms with Gasteiger partial charge in [0.1, 0.15) is 5.82 Å². The lowest BCUT2D eigenvalue weighted by molar-refractivity contribution is -0.139. The van der Waals surface area contributed by atoms with Crippen molar-refractivity contribution in [2.24, 2.45) is 7.05 Å². The Morgan fingerprint density at radius 1 is 1.23 bits per heavy atom. The quantitative estimate of drug-likeness (QED) is 0.655. The van der Waals surface area contributed by atoms with E-state index >= 15 is 0 Å². The molecule has 0 saturated heterocycles. The number of aliphatic carboxylic acids is 1. The van der Waals surface area contributed by atoms with Crippen LogP contribution in [0.5, 0.6) is 0 Å². The molecule has 1 aromatic carbocycles. The molecule has 1 unspecified atom stereocenters. The molecule has 3 heterocycles. The highest BCUT2D eigenvalue weighted by Crippen LogP contribution is 2.38. The van der Waals surface area contributed by atoms with Crippen LogP contribution < -0.4 is 5.56 Å². The maximum absolute atomic E-state index is 13.5. The van der Waals surface area contributed by atoms with E-state index in [2.05, 4.69) is 30.5 Å². The summed E-state index contributed by atoms with van der Waals surface area (Å²) >= 11 is 0. The number of carbonyl (C=O) groups is 1. The monoisotopic (exact) mass is 407 g/mol. The maximum Gasteiger partial charge on any atom is 0.311 e. The highest BCUT2D eigenvalue weighted by atomic mass is 16.4. The molecule has 0 fully saturated rings. The first kappa shape index (κ1) is 20.4. The van der Waals surface area contributed by atoms with Crippen LogP contribution >= 0.6 is 0 Å². The van der Waals surface area contributed by atoms with E-state index in [-0.39, 0.29) is 5.56 Å². The predicted octanol–water partition coefficient (Wildman–Crippen LogP) is 4.44. The topological polar surface area (TPSA) is 77.1 Å². The lowest BCUT2D eigenvalue weighted by Gasteiger charge is -2.20. The molecular weight excluding hydrogens is 378 g/mol. The molecule has 1 atom stereocenters. The first-order valence-electron chi connectivity index (χ1n) is 10.8. The van der Waals surface area contributed by atoms with E-state index < -0.39 is 11.9 Å². The van der Waals surface area contributed by atoms with E-state index in [1.807, 2.05) is 19.1 Å². The SMILES string of the molecule is CCCC(C(=O)O)c1c(-c2ccc(C(C)C)cc2)c2c(nc3n2CCC3)n(C)c1=O. The van der Waals surface area contributed by atoms with Gasteiger partial charge in [0, 0.05) is 31.1 Å². The average molecular weight is 408 g/mol. The molecule has 6 heteroatoms. The molecule has 0 radical (unpaired) electrons. The van der Waals surface area contributed by atoms with E-state index in [0.717, 1.165) is 41.9 Å². The Bertz CT molecular complexity index is 1170. The van der Waals surface area contributed by atoms with Crippen molar-refractivity contribution in [3.63, 3.8) is 0 Å². The van der Waals surface area contributed by atoms with Crippen molar-refractivity contribution in [2.75, 3.05) is 0 Å². The summed E-state index contributed by atoms with van der Waals surface area (Å²) in [6.07, 6.45) is 3.00. The van der Waals surface area contributed by atoms with E-state index in [0.29, 0.717) is 30.0 Å². The van der Waals surface area contributed by atoms with Gasteiger partial charge in [0.05, 0.1) is 11.4 Å². The number of hydrogen-bond donors (Lipinski definition) is 1. The van der Waals surface area contributed by atoms with Crippen LogP contribution in [-0.2, 0) is 24.8 Å². The highest BCUT2D eigenvalue weighted by Gasteiger charge is 2.31. The van der Waals surface area contributed by atoms with Crippen LogP contribution in [0.4, 0.5) is 0 Å². The zero-order chi connectivity index (χ0) is 21.6. The summed E-state index contributed by atoms with van der Waals surface area (Å²) in [5.41, 5.74) is 4.48. The summed E-state index contributed by atoms with van der Waals surface area (Å²) in [4.78, 5) is 30.4. The van der Waals surface area contributed by atoms with Gasteiger partial charge in [-0.25, -0.2) is 4.98 Å². The molecule has 2 aromatic heterocycles. The highest BCUT2D eigenvalue weighted by molar-refractivity contribution is 5.95. The summed E-state index contributed by atoms with van der Waals surface area (Å²) in [5, 5.41) is 10.0. The number of rotatable bonds is 6. The van der Waals surface area contributed by atoms with Crippen molar-refractivity contribution in [1.82, 2.24) is 14.1 Å². The van der Waals surface area contributed by atoms with E-state index in [9.17, 15) is 14.7 Å². The smallest absolute Gasteiger partial charge is 0.311 e. The molecule has 158 valence electrons. The normalized spacial score (nSPS) is 14.4. The molecule has 1 aliphatic rings. The van der Waals surface area contributed by atoms with Crippen LogP contribution in [0, 0.1) is 0 Å². The number of fused-ring (bicyclic) bond motifs is 3. The first-order chi connectivity index (χ1) is 14.3. The molecule has 0 bridgehead atoms. The largest absolute Gasteiger partial charge is 0.481 e. The number of carboxylic acids is 1. The molecule has 4 rings (SSSR count). The van der Waals surface area contributed by atoms with Crippen molar-refractivity contribution in [1.29, 1.82) is 0 Å². The maximum atomic E-state index is 13.5. The Labute approximate surface area is 176 Å². The minimum atomic E-state index is -0.950. The molecule has 0 aliphatic carbocycles. The van der Waals surface area contributed by atoms with Gasteiger partial charge in [-0.2, -0.15) is 0 Å². The third-order valence-corrected chi connectivity index (χ3v) is 6.26. The second kappa shape index (κ2) is 7.74. The molecule has 0 spiro atoms. The molecule has 0 amide bonds. The third kappa shape index (κ3) is 3.15. The zero-order valence-electron chi connectivity index (χ0n) is 18.1. The Morgan fingerprint density at radius 3 is 2.53 bits per heavy atom. The lowest BCUT2D eigenvalue weighted by atomic mass is 9.87. The number of pyridine rings is 1. The van der Waals surface area contributed by atoms with Gasteiger partial charge in [0.2, 0.25) is 0 Å². The van der Waals surface area contributed by atoms with Gasteiger partial charge in [0.15, 0.2) is 5.65 Å². The number of hydrogen-bond acceptors (Lipinski definition) is 3. The fourth-order valence-electron chi connectivity index (χ4n) is 4.63. The van der Waals surface area contributed by atoms with Gasteiger partial charge in [-0.15, -0.1) is 0 Å². The van der Waals surface area contributed by atoms with Gasteiger partial charge >= 0.3 is 5.97 Å². The third-order valence-electron chi connectivity index (χ3n) is 6.26. The number of aromatic nitrogens is 3. The van der Waals surface area contributed by atoms with Crippen LogP contribution in [0.2, 0.25) is 0 Å². The second-order valence-corrected chi connectivity index (χ2v) is 8.56. The Balaban J connectivity index is 2.11. The van der Waals surface area contributed by atoms with Crippen molar-refractivity contribution < 1.29 is 9.90 Å². The van der Waals surface area contributed by atoms with Gasteiger partial charge in [-0.3, -0.25) is 14.2 Å². The van der Waals surface area contributed by atoms with E-state index in [4.69, 9.17) is 4.98 Å². The van der Waals surface area contributed by atoms with Gasteiger partial charge in [-0.05, 0) is 29.9 Å². The van der Waals surface area contributed by atoms with Gasteiger partial charge < -0.3 is 9.67 Å². The lowest BCUT2D eigenvalue weighted by Crippen LogP contribution is -2.28. The Kier molecular flexibility index (Phi) is 5.26. The van der Waals surface area contributed by atoms with Gasteiger partial charge in [0.25, 0.3) is 5.56 Å². The number of carboxylic acid groups (broad SMARTS) is 1. The molecular formula is C24H29N3O3. The fraction of sp³-hybridized carbons (Fsp3) is 0.458. The minimum absolute atomic E-state index is 0.261. The number of nitrogens with zero attached hydrogens (tertiary/aromatic N) is 3. The number of imidazole rings is 1. The standard InChI is InChI=1S/C24H29N3O3/c1-5-7-17(24(29)30)20-19(16-11-9-15(10-12-16)14(2)3)21-22(26(4)23(20)28)25-18-8-6-13-27(18)21/h9-12,14,17H,5-8,13H2,1-4H3,(H,29,30). The fourth-order valence-corrected chi connectivity index (χ4v) is 4.63. The predicted molar refractivity (Wildman–Crippen MR) is 118 cm³/mol. The Morgan fingerprint density at radius 2 is 1.93 bits per heavy atom. The van der Waals surface area contributed by atoms with Crippen LogP contribution in [0.1, 0.15) is 68.8 Å². The summed E-state index contributed by atoms with van der Waals surface area (Å²) in [7, 11) is 1.70. The number of benzene rings is 1. The molecule has 6 nitrogen and oxygen atoms in total. The van der Waals surface area contributed by atoms with Crippen LogP contribution in [0.3, 0.4) is 0 Å². The molecule has 0 saturated carbocycles. The van der Waals surface area contributed by atoms with Crippen molar-refractivity contribution in [2.45, 2.75) is 64.8 Å².